The minimum atomic E-state index is 0.607. The number of halogens is 1. The quantitative estimate of drug-likeness (QED) is 0.714. The number of rotatable bonds is 6. The highest BCUT2D eigenvalue weighted by Crippen LogP contribution is 2.24. The van der Waals surface area contributed by atoms with Crippen molar-refractivity contribution < 1.29 is 4.79 Å². The molecule has 17 heavy (non-hydrogen) atoms. The van der Waals surface area contributed by atoms with E-state index in [1.54, 1.807) is 6.07 Å². The lowest BCUT2D eigenvalue weighted by molar-refractivity contribution is 0.112. The zero-order chi connectivity index (χ0) is 12.8. The molecule has 2 nitrogen and oxygen atoms in total. The molecule has 94 valence electrons. The van der Waals surface area contributed by atoms with E-state index in [4.69, 9.17) is 11.6 Å². The van der Waals surface area contributed by atoms with Crippen molar-refractivity contribution in [1.29, 1.82) is 0 Å². The van der Waals surface area contributed by atoms with E-state index in [2.05, 4.69) is 25.7 Å². The molecule has 0 aliphatic rings. The third kappa shape index (κ3) is 3.74. The molecule has 0 aliphatic carbocycles. The van der Waals surface area contributed by atoms with Crippen molar-refractivity contribution in [2.24, 2.45) is 5.92 Å². The van der Waals surface area contributed by atoms with E-state index in [-0.39, 0.29) is 0 Å². The van der Waals surface area contributed by atoms with Crippen molar-refractivity contribution in [2.45, 2.75) is 27.2 Å². The highest BCUT2D eigenvalue weighted by atomic mass is 35.5. The summed E-state index contributed by atoms with van der Waals surface area (Å²) in [5, 5.41) is 0.607. The first-order valence-corrected chi connectivity index (χ1v) is 6.49. The van der Waals surface area contributed by atoms with Gasteiger partial charge in [-0.3, -0.25) is 4.79 Å². The van der Waals surface area contributed by atoms with Gasteiger partial charge >= 0.3 is 0 Å². The lowest BCUT2D eigenvalue weighted by atomic mass is 10.1. The molecule has 0 fully saturated rings. The van der Waals surface area contributed by atoms with Crippen LogP contribution in [0.15, 0.2) is 18.2 Å². The molecule has 1 rings (SSSR count). The van der Waals surface area contributed by atoms with Gasteiger partial charge in [0.05, 0.1) is 0 Å². The SMILES string of the molecule is CCC(C)CN(CC)c1ccc(Cl)cc1C=O. The van der Waals surface area contributed by atoms with Gasteiger partial charge in [-0.1, -0.05) is 31.9 Å². The Hall–Kier alpha value is -1.02. The first-order chi connectivity index (χ1) is 8.12. The molecule has 0 heterocycles. The van der Waals surface area contributed by atoms with Crippen molar-refractivity contribution in [3.8, 4) is 0 Å². The number of anilines is 1. The largest absolute Gasteiger partial charge is 0.371 e. The van der Waals surface area contributed by atoms with Crippen LogP contribution >= 0.6 is 11.6 Å². The molecule has 0 radical (unpaired) electrons. The molecule has 1 aromatic rings. The smallest absolute Gasteiger partial charge is 0.152 e. The van der Waals surface area contributed by atoms with Crippen molar-refractivity contribution in [2.75, 3.05) is 18.0 Å². The first kappa shape index (κ1) is 14.0. The van der Waals surface area contributed by atoms with Crippen molar-refractivity contribution in [3.63, 3.8) is 0 Å². The Morgan fingerprint density at radius 1 is 1.41 bits per heavy atom. The van der Waals surface area contributed by atoms with Gasteiger partial charge in [-0.05, 0) is 31.0 Å². The standard InChI is InChI=1S/C14H20ClNO/c1-4-11(3)9-16(5-2)14-7-6-13(15)8-12(14)10-17/h6-8,10-11H,4-5,9H2,1-3H3. The predicted octanol–water partition coefficient (Wildman–Crippen LogP) is 4.02. The lowest BCUT2D eigenvalue weighted by Gasteiger charge is -2.27. The van der Waals surface area contributed by atoms with Crippen LogP contribution in [-0.2, 0) is 0 Å². The molecule has 0 aliphatic heterocycles. The van der Waals surface area contributed by atoms with Gasteiger partial charge in [-0.25, -0.2) is 0 Å². The summed E-state index contributed by atoms with van der Waals surface area (Å²) in [5.41, 5.74) is 1.65. The monoisotopic (exact) mass is 253 g/mol. The molecule has 0 spiro atoms. The number of benzene rings is 1. The minimum absolute atomic E-state index is 0.607. The molecule has 0 aromatic heterocycles. The van der Waals surface area contributed by atoms with Gasteiger partial charge in [0.25, 0.3) is 0 Å². The second-order valence-corrected chi connectivity index (χ2v) is 4.81. The molecule has 0 bridgehead atoms. The summed E-state index contributed by atoms with van der Waals surface area (Å²) in [4.78, 5) is 13.3. The van der Waals surface area contributed by atoms with Crippen molar-refractivity contribution >= 4 is 23.6 Å². The second kappa shape index (κ2) is 6.65. The highest BCUT2D eigenvalue weighted by Gasteiger charge is 2.12. The maximum absolute atomic E-state index is 11.1. The Kier molecular flexibility index (Phi) is 5.49. The molecule has 3 heteroatoms. The van der Waals surface area contributed by atoms with Crippen LogP contribution in [0.25, 0.3) is 0 Å². The van der Waals surface area contributed by atoms with Crippen molar-refractivity contribution in [1.82, 2.24) is 0 Å². The zero-order valence-electron chi connectivity index (χ0n) is 10.7. The number of hydrogen-bond donors (Lipinski definition) is 0. The van der Waals surface area contributed by atoms with E-state index in [0.29, 0.717) is 16.5 Å². The Balaban J connectivity index is 2.98. The van der Waals surface area contributed by atoms with E-state index in [1.807, 2.05) is 12.1 Å². The van der Waals surface area contributed by atoms with Gasteiger partial charge in [0.2, 0.25) is 0 Å². The van der Waals surface area contributed by atoms with Crippen LogP contribution in [0.5, 0.6) is 0 Å². The van der Waals surface area contributed by atoms with Crippen molar-refractivity contribution in [3.05, 3.63) is 28.8 Å². The van der Waals surface area contributed by atoms with Gasteiger partial charge < -0.3 is 4.90 Å². The van der Waals surface area contributed by atoms with Gasteiger partial charge in [0.15, 0.2) is 6.29 Å². The fourth-order valence-electron chi connectivity index (χ4n) is 1.81. The summed E-state index contributed by atoms with van der Waals surface area (Å²) in [6, 6.07) is 5.49. The van der Waals surface area contributed by atoms with E-state index in [0.717, 1.165) is 31.5 Å². The second-order valence-electron chi connectivity index (χ2n) is 4.37. The fraction of sp³-hybridized carbons (Fsp3) is 0.500. The van der Waals surface area contributed by atoms with Gasteiger partial charge in [-0.15, -0.1) is 0 Å². The third-order valence-electron chi connectivity index (χ3n) is 3.07. The molecule has 0 saturated heterocycles. The van der Waals surface area contributed by atoms with Crippen LogP contribution in [0.4, 0.5) is 5.69 Å². The number of nitrogens with zero attached hydrogens (tertiary/aromatic N) is 1. The Labute approximate surface area is 109 Å². The third-order valence-corrected chi connectivity index (χ3v) is 3.30. The van der Waals surface area contributed by atoms with Crippen LogP contribution in [0.2, 0.25) is 5.02 Å². The van der Waals surface area contributed by atoms with Crippen LogP contribution < -0.4 is 4.90 Å². The number of carbonyl (C=O) groups is 1. The van der Waals surface area contributed by atoms with Gasteiger partial charge in [0.1, 0.15) is 0 Å². The van der Waals surface area contributed by atoms with E-state index >= 15 is 0 Å². The minimum Gasteiger partial charge on any atom is -0.371 e. The topological polar surface area (TPSA) is 20.3 Å². The molecule has 1 aromatic carbocycles. The summed E-state index contributed by atoms with van der Waals surface area (Å²) in [7, 11) is 0. The fourth-order valence-corrected chi connectivity index (χ4v) is 1.99. The Bertz CT molecular complexity index is 378. The van der Waals surface area contributed by atoms with E-state index < -0.39 is 0 Å². The Morgan fingerprint density at radius 3 is 2.65 bits per heavy atom. The molecule has 0 N–H and O–H groups in total. The molecule has 0 saturated carbocycles. The first-order valence-electron chi connectivity index (χ1n) is 6.12. The molecule has 1 atom stereocenters. The summed E-state index contributed by atoms with van der Waals surface area (Å²) in [6.45, 7) is 8.37. The lowest BCUT2D eigenvalue weighted by Crippen LogP contribution is -2.28. The number of hydrogen-bond acceptors (Lipinski definition) is 2. The maximum Gasteiger partial charge on any atom is 0.152 e. The average Bonchev–Trinajstić information content (AvgIpc) is 2.35. The van der Waals surface area contributed by atoms with Crippen LogP contribution in [-0.4, -0.2) is 19.4 Å². The molecule has 1 unspecified atom stereocenters. The summed E-state index contributed by atoms with van der Waals surface area (Å²) < 4.78 is 0. The molecule has 0 amide bonds. The summed E-state index contributed by atoms with van der Waals surface area (Å²) >= 11 is 5.90. The molecular formula is C14H20ClNO. The van der Waals surface area contributed by atoms with Crippen LogP contribution in [0, 0.1) is 5.92 Å². The van der Waals surface area contributed by atoms with Gasteiger partial charge in [0, 0.05) is 29.4 Å². The normalized spacial score (nSPS) is 12.2. The zero-order valence-corrected chi connectivity index (χ0v) is 11.5. The van der Waals surface area contributed by atoms with E-state index in [9.17, 15) is 4.79 Å². The predicted molar refractivity (Wildman–Crippen MR) is 74.2 cm³/mol. The Morgan fingerprint density at radius 2 is 2.12 bits per heavy atom. The summed E-state index contributed by atoms with van der Waals surface area (Å²) in [5.74, 6) is 0.616. The highest BCUT2D eigenvalue weighted by molar-refractivity contribution is 6.31. The average molecular weight is 254 g/mol. The summed E-state index contributed by atoms with van der Waals surface area (Å²) in [6.07, 6.45) is 2.01. The van der Waals surface area contributed by atoms with Gasteiger partial charge in [-0.2, -0.15) is 0 Å². The van der Waals surface area contributed by atoms with E-state index in [1.165, 1.54) is 0 Å². The van der Waals surface area contributed by atoms with Crippen LogP contribution in [0.3, 0.4) is 0 Å². The number of carbonyl (C=O) groups excluding carboxylic acids is 1. The molecular weight excluding hydrogens is 234 g/mol. The number of aldehydes is 1. The maximum atomic E-state index is 11.1. The van der Waals surface area contributed by atoms with Crippen LogP contribution in [0.1, 0.15) is 37.6 Å².